The molecule has 2 aromatic carbocycles. The van der Waals surface area contributed by atoms with Gasteiger partial charge in [-0.3, -0.25) is 9.59 Å². The van der Waals surface area contributed by atoms with Gasteiger partial charge in [0, 0.05) is 23.8 Å². The van der Waals surface area contributed by atoms with Gasteiger partial charge in [0.1, 0.15) is 24.6 Å². The van der Waals surface area contributed by atoms with E-state index in [1.54, 1.807) is 54.6 Å². The van der Waals surface area contributed by atoms with E-state index in [0.717, 1.165) is 5.57 Å². The van der Waals surface area contributed by atoms with Crippen LogP contribution in [0.2, 0.25) is 5.02 Å². The monoisotopic (exact) mass is 440 g/mol. The van der Waals surface area contributed by atoms with Gasteiger partial charge in [-0.05, 0) is 35.9 Å². The SMILES string of the molecule is O=C(CC=C1[C@H]2CC(=O)O[C@H]2C[C@H]1OC(=O)c1ccccc1)COc1cccc(Cl)c1. The summed E-state index contributed by atoms with van der Waals surface area (Å²) in [4.78, 5) is 36.6. The van der Waals surface area contributed by atoms with E-state index in [4.69, 9.17) is 25.8 Å². The number of carbonyl (C=O) groups excluding carboxylic acids is 3. The molecule has 2 aliphatic rings. The third-order valence-electron chi connectivity index (χ3n) is 5.38. The Balaban J connectivity index is 1.42. The van der Waals surface area contributed by atoms with Gasteiger partial charge in [0.05, 0.1) is 12.0 Å². The van der Waals surface area contributed by atoms with Gasteiger partial charge in [-0.25, -0.2) is 4.79 Å². The maximum Gasteiger partial charge on any atom is 0.338 e. The number of fused-ring (bicyclic) bond motifs is 1. The number of esters is 2. The summed E-state index contributed by atoms with van der Waals surface area (Å²) in [5, 5.41) is 0.526. The molecule has 31 heavy (non-hydrogen) atoms. The lowest BCUT2D eigenvalue weighted by molar-refractivity contribution is -0.141. The van der Waals surface area contributed by atoms with Gasteiger partial charge in [0.2, 0.25) is 0 Å². The first-order chi connectivity index (χ1) is 15.0. The van der Waals surface area contributed by atoms with E-state index in [-0.39, 0.29) is 43.2 Å². The molecule has 0 spiro atoms. The molecule has 2 aromatic rings. The van der Waals surface area contributed by atoms with Gasteiger partial charge >= 0.3 is 11.9 Å². The van der Waals surface area contributed by atoms with Crippen LogP contribution in [0.1, 0.15) is 29.6 Å². The van der Waals surface area contributed by atoms with E-state index in [1.165, 1.54) is 0 Å². The molecule has 0 unspecified atom stereocenters. The molecule has 1 saturated heterocycles. The van der Waals surface area contributed by atoms with Crippen LogP contribution in [0, 0.1) is 5.92 Å². The third-order valence-corrected chi connectivity index (χ3v) is 5.62. The number of benzene rings is 2. The summed E-state index contributed by atoms with van der Waals surface area (Å²) in [6, 6.07) is 15.5. The van der Waals surface area contributed by atoms with E-state index in [1.807, 2.05) is 6.07 Å². The fourth-order valence-corrected chi connectivity index (χ4v) is 4.10. The topological polar surface area (TPSA) is 78.9 Å². The van der Waals surface area contributed by atoms with Crippen molar-refractivity contribution in [2.45, 2.75) is 31.5 Å². The predicted octanol–water partition coefficient (Wildman–Crippen LogP) is 4.17. The second-order valence-corrected chi connectivity index (χ2v) is 7.96. The van der Waals surface area contributed by atoms with E-state index >= 15 is 0 Å². The van der Waals surface area contributed by atoms with Gasteiger partial charge in [-0.15, -0.1) is 0 Å². The van der Waals surface area contributed by atoms with Gasteiger partial charge < -0.3 is 14.2 Å². The van der Waals surface area contributed by atoms with Gasteiger partial charge in [0.15, 0.2) is 5.78 Å². The van der Waals surface area contributed by atoms with Crippen LogP contribution in [0.25, 0.3) is 0 Å². The lowest BCUT2D eigenvalue weighted by Gasteiger charge is -2.16. The Labute approximate surface area is 184 Å². The zero-order chi connectivity index (χ0) is 21.8. The Kier molecular flexibility index (Phi) is 6.37. The molecule has 160 valence electrons. The van der Waals surface area contributed by atoms with Gasteiger partial charge in [0.25, 0.3) is 0 Å². The molecule has 0 bridgehead atoms. The summed E-state index contributed by atoms with van der Waals surface area (Å²) < 4.78 is 16.6. The zero-order valence-electron chi connectivity index (χ0n) is 16.7. The lowest BCUT2D eigenvalue weighted by Crippen LogP contribution is -2.20. The highest BCUT2D eigenvalue weighted by Gasteiger charge is 2.48. The zero-order valence-corrected chi connectivity index (χ0v) is 17.4. The molecule has 0 aromatic heterocycles. The quantitative estimate of drug-likeness (QED) is 0.475. The second-order valence-electron chi connectivity index (χ2n) is 7.53. The lowest BCUT2D eigenvalue weighted by atomic mass is 9.97. The molecule has 4 rings (SSSR count). The Morgan fingerprint density at radius 1 is 1.13 bits per heavy atom. The minimum atomic E-state index is -0.530. The minimum absolute atomic E-state index is 0.104. The highest BCUT2D eigenvalue weighted by Crippen LogP contribution is 2.42. The van der Waals surface area contributed by atoms with E-state index in [2.05, 4.69) is 0 Å². The number of carbonyl (C=O) groups is 3. The normalized spacial score (nSPS) is 23.3. The summed E-state index contributed by atoms with van der Waals surface area (Å²) >= 11 is 5.92. The van der Waals surface area contributed by atoms with Crippen molar-refractivity contribution in [1.82, 2.24) is 0 Å². The second kappa shape index (κ2) is 9.35. The number of hydrogen-bond acceptors (Lipinski definition) is 6. The number of allylic oxidation sites excluding steroid dienone is 1. The van der Waals surface area contributed by atoms with E-state index < -0.39 is 12.1 Å². The number of hydrogen-bond donors (Lipinski definition) is 0. The molecule has 2 fully saturated rings. The van der Waals surface area contributed by atoms with Crippen LogP contribution >= 0.6 is 11.6 Å². The number of halogens is 1. The molecule has 1 aliphatic heterocycles. The summed E-state index contributed by atoms with van der Waals surface area (Å²) in [6.07, 6.45) is 1.62. The summed E-state index contributed by atoms with van der Waals surface area (Å²) in [5.41, 5.74) is 1.21. The molecule has 3 atom stereocenters. The average Bonchev–Trinajstić information content (AvgIpc) is 3.27. The van der Waals surface area contributed by atoms with Crippen molar-refractivity contribution >= 4 is 29.3 Å². The molecule has 0 radical (unpaired) electrons. The molecule has 1 heterocycles. The number of Topliss-reactive ketones (excluding diaryl/α,β-unsaturated/α-hetero) is 1. The molecular formula is C24H21ClO6. The van der Waals surface area contributed by atoms with Crippen LogP contribution in [0.15, 0.2) is 66.2 Å². The van der Waals surface area contributed by atoms with Gasteiger partial charge in [-0.2, -0.15) is 0 Å². The summed E-state index contributed by atoms with van der Waals surface area (Å²) in [6.45, 7) is -0.109. The highest BCUT2D eigenvalue weighted by atomic mass is 35.5. The number of rotatable bonds is 7. The fraction of sp³-hybridized carbons (Fsp3) is 0.292. The Morgan fingerprint density at radius 2 is 1.94 bits per heavy atom. The fourth-order valence-electron chi connectivity index (χ4n) is 3.92. The van der Waals surface area contributed by atoms with Crippen molar-refractivity contribution in [3.8, 4) is 5.75 Å². The predicted molar refractivity (Wildman–Crippen MR) is 113 cm³/mol. The van der Waals surface area contributed by atoms with E-state index in [9.17, 15) is 14.4 Å². The van der Waals surface area contributed by atoms with Crippen molar-refractivity contribution in [3.05, 3.63) is 76.8 Å². The first-order valence-electron chi connectivity index (χ1n) is 10.0. The van der Waals surface area contributed by atoms with Crippen molar-refractivity contribution in [2.75, 3.05) is 6.61 Å². The van der Waals surface area contributed by atoms with Crippen LogP contribution in [0.5, 0.6) is 5.75 Å². The van der Waals surface area contributed by atoms with Crippen LogP contribution < -0.4 is 4.74 Å². The highest BCUT2D eigenvalue weighted by molar-refractivity contribution is 6.30. The Bertz CT molecular complexity index is 1020. The number of ketones is 1. The average molecular weight is 441 g/mol. The summed E-state index contributed by atoms with van der Waals surface area (Å²) in [5.74, 6) is -0.529. The smallest absolute Gasteiger partial charge is 0.338 e. The molecule has 0 N–H and O–H groups in total. The third kappa shape index (κ3) is 5.14. The summed E-state index contributed by atoms with van der Waals surface area (Å²) in [7, 11) is 0. The minimum Gasteiger partial charge on any atom is -0.486 e. The molecule has 1 aliphatic carbocycles. The van der Waals surface area contributed by atoms with Crippen LogP contribution in [0.4, 0.5) is 0 Å². The number of ether oxygens (including phenoxy) is 3. The van der Waals surface area contributed by atoms with Crippen LogP contribution in [-0.2, 0) is 19.1 Å². The molecule has 7 heteroatoms. The van der Waals surface area contributed by atoms with E-state index in [0.29, 0.717) is 22.8 Å². The molecule has 0 amide bonds. The van der Waals surface area contributed by atoms with Crippen LogP contribution in [-0.4, -0.2) is 36.5 Å². The maximum absolute atomic E-state index is 12.5. The molecular weight excluding hydrogens is 420 g/mol. The van der Waals surface area contributed by atoms with Crippen molar-refractivity contribution < 1.29 is 28.6 Å². The van der Waals surface area contributed by atoms with Crippen molar-refractivity contribution in [2.24, 2.45) is 5.92 Å². The van der Waals surface area contributed by atoms with Gasteiger partial charge in [-0.1, -0.05) is 41.9 Å². The van der Waals surface area contributed by atoms with Crippen molar-refractivity contribution in [1.29, 1.82) is 0 Å². The maximum atomic E-state index is 12.5. The molecule has 1 saturated carbocycles. The standard InChI is InChI=1S/C24H21ClO6/c25-16-7-4-8-18(11-16)29-14-17(26)9-10-19-20-12-23(27)30-22(20)13-21(19)31-24(28)15-5-2-1-3-6-15/h1-8,10-11,20-22H,9,12-14H2/t20-,21-,22+/m1/s1. The molecule has 6 nitrogen and oxygen atoms in total. The first-order valence-corrected chi connectivity index (χ1v) is 10.4. The Hall–Kier alpha value is -3.12. The first kappa shape index (κ1) is 21.1. The van der Waals surface area contributed by atoms with Crippen LogP contribution in [0.3, 0.4) is 0 Å². The Morgan fingerprint density at radius 3 is 2.71 bits per heavy atom. The van der Waals surface area contributed by atoms with Crippen molar-refractivity contribution in [3.63, 3.8) is 0 Å². The largest absolute Gasteiger partial charge is 0.486 e.